The molecule has 4 aromatic rings. The van der Waals surface area contributed by atoms with E-state index in [1.807, 2.05) is 60.0 Å². The third kappa shape index (κ3) is 2.80. The van der Waals surface area contributed by atoms with Gasteiger partial charge < -0.3 is 9.84 Å². The van der Waals surface area contributed by atoms with Gasteiger partial charge in [0.1, 0.15) is 12.1 Å². The minimum atomic E-state index is -1.17. The largest absolute Gasteiger partial charge is 0.337 e. The van der Waals surface area contributed by atoms with Crippen LogP contribution in [-0.4, -0.2) is 27.0 Å². The number of rotatable bonds is 4. The monoisotopic (exact) mass is 404 g/mol. The number of thiophene rings is 1. The highest BCUT2D eigenvalue weighted by Gasteiger charge is 2.50. The minimum Gasteiger partial charge on any atom is -0.337 e. The van der Waals surface area contributed by atoms with Gasteiger partial charge in [0.2, 0.25) is 11.7 Å². The minimum absolute atomic E-state index is 0.0800. The number of nitrogens with one attached hydrogen (secondary N) is 1. The molecule has 1 aliphatic rings. The normalized spacial score (nSPS) is 19.1. The molecule has 1 saturated heterocycles. The zero-order chi connectivity index (χ0) is 20.0. The predicted molar refractivity (Wildman–Crippen MR) is 108 cm³/mol. The Bertz CT molecular complexity index is 1230. The summed E-state index contributed by atoms with van der Waals surface area (Å²) in [4.78, 5) is 32.2. The summed E-state index contributed by atoms with van der Waals surface area (Å²) >= 11 is 1.49. The maximum Gasteiger partial charge on any atom is 0.325 e. The molecule has 0 aliphatic carbocycles. The van der Waals surface area contributed by atoms with Crippen LogP contribution in [0.15, 0.2) is 64.5 Å². The molecular formula is C21H16N4O3S. The van der Waals surface area contributed by atoms with Gasteiger partial charge in [0, 0.05) is 0 Å². The molecular weight excluding hydrogens is 388 g/mol. The van der Waals surface area contributed by atoms with Gasteiger partial charge in [-0.1, -0.05) is 53.7 Å². The summed E-state index contributed by atoms with van der Waals surface area (Å²) in [6, 6.07) is 16.8. The first-order valence-electron chi connectivity index (χ1n) is 9.05. The molecule has 2 aromatic heterocycles. The molecule has 144 valence electrons. The van der Waals surface area contributed by atoms with Crippen LogP contribution in [0, 0.1) is 0 Å². The van der Waals surface area contributed by atoms with Crippen LogP contribution in [0.4, 0.5) is 4.79 Å². The standard InChI is InChI=1S/C21H16N4O3S/c1-21(15-9-4-7-13-6-2-3-8-14(13)15)19(26)25(20(27)23-21)12-17-22-18(24-28-17)16-10-5-11-29-16/h2-11H,12H2,1H3,(H,23,27). The Balaban J connectivity index is 1.47. The molecule has 1 fully saturated rings. The number of urea groups is 1. The van der Waals surface area contributed by atoms with Gasteiger partial charge in [0.25, 0.3) is 5.91 Å². The number of hydrogen-bond donors (Lipinski definition) is 1. The summed E-state index contributed by atoms with van der Waals surface area (Å²) < 4.78 is 5.26. The van der Waals surface area contributed by atoms with E-state index in [-0.39, 0.29) is 18.3 Å². The maximum atomic E-state index is 13.3. The van der Waals surface area contributed by atoms with Gasteiger partial charge in [0.05, 0.1) is 4.88 Å². The van der Waals surface area contributed by atoms with Crippen molar-refractivity contribution in [3.8, 4) is 10.7 Å². The highest BCUT2D eigenvalue weighted by atomic mass is 32.1. The van der Waals surface area contributed by atoms with Crippen LogP contribution in [0.1, 0.15) is 18.4 Å². The molecule has 1 atom stereocenters. The molecule has 0 saturated carbocycles. The molecule has 1 unspecified atom stereocenters. The van der Waals surface area contributed by atoms with Gasteiger partial charge >= 0.3 is 6.03 Å². The molecule has 0 spiro atoms. The van der Waals surface area contributed by atoms with E-state index in [1.165, 1.54) is 11.3 Å². The molecule has 5 rings (SSSR count). The fourth-order valence-electron chi connectivity index (χ4n) is 3.64. The second kappa shape index (κ2) is 6.52. The number of carbonyl (C=O) groups is 2. The Morgan fingerprint density at radius 3 is 2.76 bits per heavy atom. The van der Waals surface area contributed by atoms with Gasteiger partial charge in [-0.2, -0.15) is 4.98 Å². The molecule has 0 bridgehead atoms. The van der Waals surface area contributed by atoms with Gasteiger partial charge in [-0.15, -0.1) is 11.3 Å². The lowest BCUT2D eigenvalue weighted by atomic mass is 9.88. The molecule has 1 aliphatic heterocycles. The van der Waals surface area contributed by atoms with Gasteiger partial charge in [-0.3, -0.25) is 9.69 Å². The summed E-state index contributed by atoms with van der Waals surface area (Å²) in [6.45, 7) is 1.64. The molecule has 3 amide bonds. The van der Waals surface area contributed by atoms with Crippen molar-refractivity contribution >= 4 is 34.0 Å². The zero-order valence-electron chi connectivity index (χ0n) is 15.5. The second-order valence-electron chi connectivity index (χ2n) is 6.96. The Hall–Kier alpha value is -3.52. The first-order chi connectivity index (χ1) is 14.1. The quantitative estimate of drug-likeness (QED) is 0.521. The number of nitrogens with zero attached hydrogens (tertiary/aromatic N) is 3. The van der Waals surface area contributed by atoms with Crippen molar-refractivity contribution in [3.63, 3.8) is 0 Å². The molecule has 1 N–H and O–H groups in total. The molecule has 7 nitrogen and oxygen atoms in total. The van der Waals surface area contributed by atoms with Crippen LogP contribution in [0.25, 0.3) is 21.5 Å². The van der Waals surface area contributed by atoms with Gasteiger partial charge in [-0.25, -0.2) is 4.79 Å². The van der Waals surface area contributed by atoms with Crippen LogP contribution in [0.2, 0.25) is 0 Å². The summed E-state index contributed by atoms with van der Waals surface area (Å²) in [7, 11) is 0. The smallest absolute Gasteiger partial charge is 0.325 e. The number of amides is 3. The van der Waals surface area contributed by atoms with Crippen molar-refractivity contribution in [3.05, 3.63) is 71.4 Å². The summed E-state index contributed by atoms with van der Waals surface area (Å²) in [5, 5.41) is 10.6. The topological polar surface area (TPSA) is 88.3 Å². The van der Waals surface area contributed by atoms with Crippen molar-refractivity contribution < 1.29 is 14.1 Å². The van der Waals surface area contributed by atoms with Crippen molar-refractivity contribution in [1.82, 2.24) is 20.4 Å². The number of aromatic nitrogens is 2. The van der Waals surface area contributed by atoms with Gasteiger partial charge in [-0.05, 0) is 34.7 Å². The van der Waals surface area contributed by atoms with Gasteiger partial charge in [0.15, 0.2) is 0 Å². The third-order valence-corrected chi connectivity index (χ3v) is 5.97. The molecule has 8 heteroatoms. The number of imide groups is 1. The van der Waals surface area contributed by atoms with E-state index in [0.717, 1.165) is 26.1 Å². The molecule has 0 radical (unpaired) electrons. The molecule has 2 aromatic carbocycles. The first-order valence-corrected chi connectivity index (χ1v) is 9.93. The van der Waals surface area contributed by atoms with E-state index in [2.05, 4.69) is 15.5 Å². The van der Waals surface area contributed by atoms with Crippen molar-refractivity contribution in [1.29, 1.82) is 0 Å². The van der Waals surface area contributed by atoms with E-state index >= 15 is 0 Å². The number of carbonyl (C=O) groups excluding carboxylic acids is 2. The molecule has 29 heavy (non-hydrogen) atoms. The Labute approximate surface area is 170 Å². The van der Waals surface area contributed by atoms with Crippen LogP contribution in [0.5, 0.6) is 0 Å². The number of fused-ring (bicyclic) bond motifs is 1. The summed E-state index contributed by atoms with van der Waals surface area (Å²) in [5.41, 5.74) is -0.421. The lowest BCUT2D eigenvalue weighted by molar-refractivity contribution is -0.131. The van der Waals surface area contributed by atoms with E-state index in [9.17, 15) is 9.59 Å². The average molecular weight is 404 g/mol. The van der Waals surface area contributed by atoms with E-state index in [0.29, 0.717) is 5.82 Å². The number of benzene rings is 2. The second-order valence-corrected chi connectivity index (χ2v) is 7.91. The fraction of sp³-hybridized carbons (Fsp3) is 0.143. The summed E-state index contributed by atoms with van der Waals surface area (Å²) in [5.74, 6) is 0.299. The zero-order valence-corrected chi connectivity index (χ0v) is 16.3. The van der Waals surface area contributed by atoms with Crippen LogP contribution >= 0.6 is 11.3 Å². The summed E-state index contributed by atoms with van der Waals surface area (Å²) in [6.07, 6.45) is 0. The molecule has 3 heterocycles. The fourth-order valence-corrected chi connectivity index (χ4v) is 4.29. The SMILES string of the molecule is CC1(c2cccc3ccccc23)NC(=O)N(Cc2nc(-c3cccs3)no2)C1=O. The van der Waals surface area contributed by atoms with Crippen molar-refractivity contribution in [2.24, 2.45) is 0 Å². The van der Waals surface area contributed by atoms with E-state index in [4.69, 9.17) is 4.52 Å². The maximum absolute atomic E-state index is 13.3. The lowest BCUT2D eigenvalue weighted by Gasteiger charge is -2.23. The van der Waals surface area contributed by atoms with Crippen LogP contribution in [0.3, 0.4) is 0 Å². The van der Waals surface area contributed by atoms with Crippen molar-refractivity contribution in [2.75, 3.05) is 0 Å². The Kier molecular flexibility index (Phi) is 3.95. The average Bonchev–Trinajstić information content (AvgIpc) is 3.46. The highest BCUT2D eigenvalue weighted by molar-refractivity contribution is 7.13. The predicted octanol–water partition coefficient (Wildman–Crippen LogP) is 3.92. The number of hydrogen-bond acceptors (Lipinski definition) is 6. The highest BCUT2D eigenvalue weighted by Crippen LogP contribution is 2.34. The van der Waals surface area contributed by atoms with Crippen LogP contribution in [-0.2, 0) is 16.9 Å². The van der Waals surface area contributed by atoms with E-state index in [1.54, 1.807) is 6.92 Å². The third-order valence-electron chi connectivity index (χ3n) is 5.11. The van der Waals surface area contributed by atoms with Crippen molar-refractivity contribution in [2.45, 2.75) is 19.0 Å². The first kappa shape index (κ1) is 17.6. The Morgan fingerprint density at radius 2 is 1.93 bits per heavy atom. The Morgan fingerprint density at radius 1 is 1.10 bits per heavy atom. The van der Waals surface area contributed by atoms with Crippen LogP contribution < -0.4 is 5.32 Å². The van der Waals surface area contributed by atoms with E-state index < -0.39 is 11.6 Å². The lowest BCUT2D eigenvalue weighted by Crippen LogP contribution is -2.41.